The Morgan fingerprint density at radius 1 is 1.19 bits per heavy atom. The van der Waals surface area contributed by atoms with Crippen LogP contribution >= 0.6 is 0 Å². The zero-order valence-corrected chi connectivity index (χ0v) is 17.8. The first-order valence-electron chi connectivity index (χ1n) is 10.2. The molecule has 3 heterocycles. The number of halogens is 1. The Hall–Kier alpha value is -3.26. The van der Waals surface area contributed by atoms with Gasteiger partial charge in [-0.25, -0.2) is 9.37 Å². The maximum Gasteiger partial charge on any atom is 0.232 e. The summed E-state index contributed by atoms with van der Waals surface area (Å²) in [5.74, 6) is 1.34. The van der Waals surface area contributed by atoms with Gasteiger partial charge in [-0.1, -0.05) is 29.4 Å². The van der Waals surface area contributed by atoms with Crippen molar-refractivity contribution in [2.75, 3.05) is 25.0 Å². The fraction of sp³-hybridized carbons (Fsp3) is 0.348. The number of hydrogen-bond acceptors (Lipinski definition) is 6. The predicted octanol–water partition coefficient (Wildman–Crippen LogP) is 4.14. The Morgan fingerprint density at radius 2 is 2.00 bits per heavy atom. The van der Waals surface area contributed by atoms with E-state index in [1.807, 2.05) is 25.1 Å². The van der Waals surface area contributed by atoms with Gasteiger partial charge in [0.25, 0.3) is 0 Å². The van der Waals surface area contributed by atoms with Gasteiger partial charge in [0.2, 0.25) is 5.91 Å². The number of hydrogen-bond donors (Lipinski definition) is 1. The maximum absolute atomic E-state index is 14.4. The van der Waals surface area contributed by atoms with Gasteiger partial charge in [-0.2, -0.15) is 0 Å². The van der Waals surface area contributed by atoms with E-state index in [-0.39, 0.29) is 17.8 Å². The summed E-state index contributed by atoms with van der Waals surface area (Å²) in [6.07, 6.45) is -0.380. The summed E-state index contributed by atoms with van der Waals surface area (Å²) >= 11 is 0. The molecule has 2 aromatic heterocycles. The Kier molecular flexibility index (Phi) is 5.73. The number of aryl methyl sites for hydroxylation is 1. The van der Waals surface area contributed by atoms with Crippen LogP contribution in [0.2, 0.25) is 0 Å². The first-order chi connectivity index (χ1) is 14.8. The van der Waals surface area contributed by atoms with Crippen LogP contribution in [0.1, 0.15) is 37.0 Å². The number of amides is 1. The van der Waals surface area contributed by atoms with Crippen molar-refractivity contribution in [1.29, 1.82) is 0 Å². The van der Waals surface area contributed by atoms with Crippen molar-refractivity contribution < 1.29 is 18.4 Å². The van der Waals surface area contributed by atoms with Crippen LogP contribution in [-0.4, -0.2) is 40.6 Å². The maximum atomic E-state index is 14.4. The molecular weight excluding hydrogens is 399 g/mol. The van der Waals surface area contributed by atoms with E-state index < -0.39 is 5.41 Å². The van der Waals surface area contributed by atoms with Gasteiger partial charge in [0.15, 0.2) is 5.82 Å². The van der Waals surface area contributed by atoms with Crippen molar-refractivity contribution in [3.63, 3.8) is 0 Å². The fourth-order valence-electron chi connectivity index (χ4n) is 3.75. The summed E-state index contributed by atoms with van der Waals surface area (Å²) in [6.45, 7) is 6.49. The molecule has 0 aliphatic carbocycles. The van der Waals surface area contributed by atoms with Crippen molar-refractivity contribution in [1.82, 2.24) is 15.0 Å². The van der Waals surface area contributed by atoms with E-state index in [2.05, 4.69) is 15.5 Å². The van der Waals surface area contributed by atoms with Crippen LogP contribution < -0.4 is 5.32 Å². The van der Waals surface area contributed by atoms with E-state index in [4.69, 9.17) is 9.26 Å². The van der Waals surface area contributed by atoms with Gasteiger partial charge in [-0.3, -0.25) is 4.79 Å². The van der Waals surface area contributed by atoms with Gasteiger partial charge in [0, 0.05) is 18.2 Å². The minimum Gasteiger partial charge on any atom is -0.368 e. The molecule has 31 heavy (non-hydrogen) atoms. The predicted molar refractivity (Wildman–Crippen MR) is 113 cm³/mol. The molecule has 3 aromatic rings. The highest BCUT2D eigenvalue weighted by Gasteiger charge is 2.38. The van der Waals surface area contributed by atoms with E-state index in [1.165, 1.54) is 6.07 Å². The molecule has 1 aliphatic rings. The third-order valence-corrected chi connectivity index (χ3v) is 5.42. The summed E-state index contributed by atoms with van der Waals surface area (Å²) in [5.41, 5.74) is 0.0937. The monoisotopic (exact) mass is 424 g/mol. The van der Waals surface area contributed by atoms with Crippen LogP contribution in [0.25, 0.3) is 0 Å². The van der Waals surface area contributed by atoms with E-state index in [9.17, 15) is 9.18 Å². The Bertz CT molecular complexity index is 1080. The zero-order chi connectivity index (χ0) is 22.0. The number of anilines is 2. The average molecular weight is 424 g/mol. The van der Waals surface area contributed by atoms with E-state index in [1.54, 1.807) is 43.0 Å². The normalized spacial score (nSPS) is 16.9. The van der Waals surface area contributed by atoms with Gasteiger partial charge in [0.1, 0.15) is 23.5 Å². The lowest BCUT2D eigenvalue weighted by atomic mass is 9.82. The van der Waals surface area contributed by atoms with Gasteiger partial charge in [0.05, 0.1) is 24.3 Å². The van der Waals surface area contributed by atoms with Crippen molar-refractivity contribution in [2.24, 2.45) is 0 Å². The SMILES string of the molecule is Cc1cc(Nc2cccc([C@@H]3CN(C(=O)C(C)(C)c4ccccc4F)CCO3)n2)no1. The molecule has 7 nitrogen and oxygen atoms in total. The number of pyridine rings is 1. The molecule has 1 N–H and O–H groups in total. The quantitative estimate of drug-likeness (QED) is 0.663. The molecule has 1 aromatic carbocycles. The number of benzene rings is 1. The smallest absolute Gasteiger partial charge is 0.232 e. The lowest BCUT2D eigenvalue weighted by Gasteiger charge is -2.37. The number of carbonyl (C=O) groups is 1. The van der Waals surface area contributed by atoms with Crippen LogP contribution in [0.3, 0.4) is 0 Å². The lowest BCUT2D eigenvalue weighted by Crippen LogP contribution is -2.49. The average Bonchev–Trinajstić information content (AvgIpc) is 3.18. The van der Waals surface area contributed by atoms with Crippen LogP contribution in [-0.2, 0) is 14.9 Å². The van der Waals surface area contributed by atoms with Crippen LogP contribution in [0.15, 0.2) is 53.1 Å². The van der Waals surface area contributed by atoms with Crippen molar-refractivity contribution in [3.8, 4) is 0 Å². The van der Waals surface area contributed by atoms with Gasteiger partial charge in [-0.05, 0) is 39.0 Å². The summed E-state index contributed by atoms with van der Waals surface area (Å²) in [6, 6.07) is 13.7. The molecule has 1 aliphatic heterocycles. The largest absolute Gasteiger partial charge is 0.368 e. The highest BCUT2D eigenvalue weighted by atomic mass is 19.1. The molecule has 1 fully saturated rings. The zero-order valence-electron chi connectivity index (χ0n) is 17.8. The third kappa shape index (κ3) is 4.44. The number of carbonyl (C=O) groups excluding carboxylic acids is 1. The summed E-state index contributed by atoms with van der Waals surface area (Å²) < 4.78 is 25.3. The standard InChI is InChI=1S/C23H25FN4O3/c1-15-13-21(27-31-15)26-20-10-6-9-18(25-20)19-14-28(11-12-30-19)22(29)23(2,3)16-7-4-5-8-17(16)24/h4-10,13,19H,11-12,14H2,1-3H3,(H,25,26,27)/t19-/m0/s1. The molecule has 0 radical (unpaired) electrons. The second-order valence-corrected chi connectivity index (χ2v) is 8.11. The van der Waals surface area contributed by atoms with Crippen LogP contribution in [0.4, 0.5) is 16.0 Å². The molecule has 1 atom stereocenters. The minimum absolute atomic E-state index is 0.141. The summed E-state index contributed by atoms with van der Waals surface area (Å²) in [7, 11) is 0. The second-order valence-electron chi connectivity index (χ2n) is 8.11. The number of nitrogens with zero attached hydrogens (tertiary/aromatic N) is 3. The number of aromatic nitrogens is 2. The Morgan fingerprint density at radius 3 is 2.74 bits per heavy atom. The molecular formula is C23H25FN4O3. The van der Waals surface area contributed by atoms with Gasteiger partial charge < -0.3 is 19.5 Å². The molecule has 0 spiro atoms. The Labute approximate surface area is 180 Å². The summed E-state index contributed by atoms with van der Waals surface area (Å²) in [5, 5.41) is 7.01. The molecule has 0 unspecified atom stereocenters. The first-order valence-corrected chi connectivity index (χ1v) is 10.2. The van der Waals surface area contributed by atoms with Crippen molar-refractivity contribution in [2.45, 2.75) is 32.3 Å². The molecule has 1 amide bonds. The highest BCUT2D eigenvalue weighted by molar-refractivity contribution is 5.87. The van der Waals surface area contributed by atoms with Crippen molar-refractivity contribution >= 4 is 17.5 Å². The fourth-order valence-corrected chi connectivity index (χ4v) is 3.75. The molecule has 0 bridgehead atoms. The van der Waals surface area contributed by atoms with E-state index in [0.717, 1.165) is 0 Å². The van der Waals surface area contributed by atoms with E-state index >= 15 is 0 Å². The number of ether oxygens (including phenoxy) is 1. The molecule has 162 valence electrons. The third-order valence-electron chi connectivity index (χ3n) is 5.42. The van der Waals surface area contributed by atoms with Crippen molar-refractivity contribution in [3.05, 3.63) is 71.4 Å². The van der Waals surface area contributed by atoms with Crippen LogP contribution in [0.5, 0.6) is 0 Å². The number of nitrogens with one attached hydrogen (secondary N) is 1. The molecule has 8 heteroatoms. The Balaban J connectivity index is 1.50. The van der Waals surface area contributed by atoms with Gasteiger partial charge in [-0.15, -0.1) is 0 Å². The minimum atomic E-state index is -0.991. The van der Waals surface area contributed by atoms with E-state index in [0.29, 0.717) is 48.3 Å². The summed E-state index contributed by atoms with van der Waals surface area (Å²) in [4.78, 5) is 19.7. The van der Waals surface area contributed by atoms with Crippen LogP contribution in [0, 0.1) is 12.7 Å². The number of rotatable bonds is 5. The molecule has 1 saturated heterocycles. The number of morpholine rings is 1. The molecule has 0 saturated carbocycles. The van der Waals surface area contributed by atoms with Gasteiger partial charge >= 0.3 is 0 Å². The lowest BCUT2D eigenvalue weighted by molar-refractivity contribution is -0.144. The molecule has 4 rings (SSSR count). The second kappa shape index (κ2) is 8.47. The topological polar surface area (TPSA) is 80.5 Å². The highest BCUT2D eigenvalue weighted by Crippen LogP contribution is 2.31. The first kappa shape index (κ1) is 21.0.